The second-order valence-corrected chi connectivity index (χ2v) is 8.17. The van der Waals surface area contributed by atoms with Crippen molar-refractivity contribution >= 4 is 21.6 Å². The van der Waals surface area contributed by atoms with Crippen molar-refractivity contribution in [1.82, 2.24) is 4.90 Å². The summed E-state index contributed by atoms with van der Waals surface area (Å²) in [7, 11) is -0.874. The molecule has 9 heteroatoms. The summed E-state index contributed by atoms with van der Waals surface area (Å²) >= 11 is 0. The molecule has 2 aromatic carbocycles. The summed E-state index contributed by atoms with van der Waals surface area (Å²) in [5.41, 5.74) is 1.22. The molecule has 1 aliphatic heterocycles. The van der Waals surface area contributed by atoms with Crippen LogP contribution in [0.5, 0.6) is 11.5 Å². The predicted octanol–water partition coefficient (Wildman–Crippen LogP) is 1.91. The molecule has 29 heavy (non-hydrogen) atoms. The average molecular weight is 420 g/mol. The van der Waals surface area contributed by atoms with Crippen molar-refractivity contribution in [3.8, 4) is 11.5 Å². The summed E-state index contributed by atoms with van der Waals surface area (Å²) in [4.78, 5) is 14.1. The number of carbonyl (C=O) groups is 1. The van der Waals surface area contributed by atoms with Crippen molar-refractivity contribution in [2.24, 2.45) is 0 Å². The third-order valence-electron chi connectivity index (χ3n) is 4.59. The Balaban J connectivity index is 1.67. The second kappa shape index (κ2) is 9.15. The predicted molar refractivity (Wildman–Crippen MR) is 108 cm³/mol. The van der Waals surface area contributed by atoms with Crippen LogP contribution in [0.3, 0.4) is 0 Å². The smallest absolute Gasteiger partial charge is 0.262 e. The van der Waals surface area contributed by atoms with E-state index in [0.717, 1.165) is 5.56 Å². The Labute approximate surface area is 170 Å². The molecule has 1 aliphatic rings. The number of morpholine rings is 1. The third-order valence-corrected chi connectivity index (χ3v) is 5.97. The fourth-order valence-corrected chi connectivity index (χ4v) is 4.06. The molecule has 156 valence electrons. The second-order valence-electron chi connectivity index (χ2n) is 6.49. The molecule has 1 heterocycles. The van der Waals surface area contributed by atoms with Crippen molar-refractivity contribution in [2.45, 2.75) is 11.3 Å². The Morgan fingerprint density at radius 1 is 1.03 bits per heavy atom. The van der Waals surface area contributed by atoms with E-state index in [4.69, 9.17) is 14.2 Å². The van der Waals surface area contributed by atoms with Gasteiger partial charge in [-0.05, 0) is 29.8 Å². The van der Waals surface area contributed by atoms with Gasteiger partial charge >= 0.3 is 0 Å². The highest BCUT2D eigenvalue weighted by Crippen LogP contribution is 2.30. The van der Waals surface area contributed by atoms with Gasteiger partial charge in [-0.25, -0.2) is 8.42 Å². The normalized spacial score (nSPS) is 14.3. The number of anilines is 1. The van der Waals surface area contributed by atoms with Gasteiger partial charge in [0.1, 0.15) is 0 Å². The van der Waals surface area contributed by atoms with Gasteiger partial charge in [0.25, 0.3) is 10.0 Å². The number of rotatable bonds is 7. The standard InChI is InChI=1S/C20H24N2O6S/c1-26-18-8-7-17(14-19(18)27-2)29(24,25)21-16-5-3-15(4-6-16)13-20(23)22-9-11-28-12-10-22/h3-8,14,21H,9-13H2,1-2H3. The lowest BCUT2D eigenvalue weighted by atomic mass is 10.1. The molecule has 1 N–H and O–H groups in total. The number of carbonyl (C=O) groups excluding carboxylic acids is 1. The summed E-state index contributed by atoms with van der Waals surface area (Å²) < 4.78 is 43.4. The molecule has 0 aliphatic carbocycles. The van der Waals surface area contributed by atoms with Crippen LogP contribution in [0.15, 0.2) is 47.4 Å². The minimum Gasteiger partial charge on any atom is -0.493 e. The number of hydrogen-bond donors (Lipinski definition) is 1. The highest BCUT2D eigenvalue weighted by Gasteiger charge is 2.19. The molecule has 0 atom stereocenters. The maximum atomic E-state index is 12.7. The molecule has 0 spiro atoms. The minimum atomic E-state index is -3.80. The van der Waals surface area contributed by atoms with Crippen LogP contribution in [0.1, 0.15) is 5.56 Å². The first kappa shape index (κ1) is 20.9. The van der Waals surface area contributed by atoms with Gasteiger partial charge in [-0.15, -0.1) is 0 Å². The maximum Gasteiger partial charge on any atom is 0.262 e. The molecule has 1 saturated heterocycles. The first-order valence-electron chi connectivity index (χ1n) is 9.12. The van der Waals surface area contributed by atoms with E-state index in [0.29, 0.717) is 43.5 Å². The summed E-state index contributed by atoms with van der Waals surface area (Å²) in [5.74, 6) is 0.806. The topological polar surface area (TPSA) is 94.2 Å². The van der Waals surface area contributed by atoms with Gasteiger partial charge in [-0.1, -0.05) is 12.1 Å². The Bertz CT molecular complexity index is 953. The van der Waals surface area contributed by atoms with Gasteiger partial charge in [0, 0.05) is 24.8 Å². The number of sulfonamides is 1. The van der Waals surface area contributed by atoms with E-state index in [1.165, 1.54) is 32.4 Å². The number of nitrogens with one attached hydrogen (secondary N) is 1. The molecule has 8 nitrogen and oxygen atoms in total. The quantitative estimate of drug-likeness (QED) is 0.735. The molecule has 0 aromatic heterocycles. The van der Waals surface area contributed by atoms with Crippen molar-refractivity contribution in [3.05, 3.63) is 48.0 Å². The van der Waals surface area contributed by atoms with Crippen LogP contribution in [0.2, 0.25) is 0 Å². The van der Waals surface area contributed by atoms with E-state index in [2.05, 4.69) is 4.72 Å². The number of amides is 1. The van der Waals surface area contributed by atoms with Crippen LogP contribution < -0.4 is 14.2 Å². The molecule has 0 saturated carbocycles. The van der Waals surface area contributed by atoms with Gasteiger partial charge in [-0.3, -0.25) is 9.52 Å². The van der Waals surface area contributed by atoms with Crippen LogP contribution in [0, 0.1) is 0 Å². The molecule has 1 amide bonds. The number of nitrogens with zero attached hydrogens (tertiary/aromatic N) is 1. The summed E-state index contributed by atoms with van der Waals surface area (Å²) in [5, 5.41) is 0. The van der Waals surface area contributed by atoms with E-state index in [-0.39, 0.29) is 17.2 Å². The highest BCUT2D eigenvalue weighted by molar-refractivity contribution is 7.92. The Kier molecular flexibility index (Phi) is 6.60. The Morgan fingerprint density at radius 3 is 2.31 bits per heavy atom. The molecule has 0 unspecified atom stereocenters. The van der Waals surface area contributed by atoms with E-state index < -0.39 is 10.0 Å². The monoisotopic (exact) mass is 420 g/mol. The number of methoxy groups -OCH3 is 2. The van der Waals surface area contributed by atoms with Crippen LogP contribution in [0.4, 0.5) is 5.69 Å². The molecule has 3 rings (SSSR count). The summed E-state index contributed by atoms with van der Waals surface area (Å²) in [6.45, 7) is 2.31. The zero-order valence-corrected chi connectivity index (χ0v) is 17.2. The molecule has 0 bridgehead atoms. The molecular formula is C20H24N2O6S. The number of benzene rings is 2. The Morgan fingerprint density at radius 2 is 1.69 bits per heavy atom. The molecular weight excluding hydrogens is 396 g/mol. The van der Waals surface area contributed by atoms with Crippen molar-refractivity contribution < 1.29 is 27.4 Å². The van der Waals surface area contributed by atoms with Crippen LogP contribution in [0.25, 0.3) is 0 Å². The van der Waals surface area contributed by atoms with E-state index in [9.17, 15) is 13.2 Å². The van der Waals surface area contributed by atoms with E-state index in [1.54, 1.807) is 29.2 Å². The fourth-order valence-electron chi connectivity index (χ4n) is 2.99. The van der Waals surface area contributed by atoms with E-state index in [1.807, 2.05) is 0 Å². The van der Waals surface area contributed by atoms with Crippen molar-refractivity contribution in [3.63, 3.8) is 0 Å². The Hall–Kier alpha value is -2.78. The molecule has 0 radical (unpaired) electrons. The van der Waals surface area contributed by atoms with Crippen molar-refractivity contribution in [1.29, 1.82) is 0 Å². The summed E-state index contributed by atoms with van der Waals surface area (Å²) in [6.07, 6.45) is 0.267. The van der Waals surface area contributed by atoms with Gasteiger partial charge < -0.3 is 19.1 Å². The lowest BCUT2D eigenvalue weighted by Gasteiger charge is -2.26. The zero-order chi connectivity index (χ0) is 20.9. The lowest BCUT2D eigenvalue weighted by molar-refractivity contribution is -0.134. The first-order valence-corrected chi connectivity index (χ1v) is 10.6. The zero-order valence-electron chi connectivity index (χ0n) is 16.4. The lowest BCUT2D eigenvalue weighted by Crippen LogP contribution is -2.41. The third kappa shape index (κ3) is 5.18. The largest absolute Gasteiger partial charge is 0.493 e. The van der Waals surface area contributed by atoms with Gasteiger partial charge in [-0.2, -0.15) is 0 Å². The number of ether oxygens (including phenoxy) is 3. The van der Waals surface area contributed by atoms with E-state index >= 15 is 0 Å². The maximum absolute atomic E-state index is 12.7. The van der Waals surface area contributed by atoms with Crippen LogP contribution in [-0.2, 0) is 26.0 Å². The average Bonchev–Trinajstić information content (AvgIpc) is 2.75. The van der Waals surface area contributed by atoms with Crippen LogP contribution >= 0.6 is 0 Å². The SMILES string of the molecule is COc1ccc(S(=O)(=O)Nc2ccc(CC(=O)N3CCOCC3)cc2)cc1OC. The highest BCUT2D eigenvalue weighted by atomic mass is 32.2. The van der Waals surface area contributed by atoms with Gasteiger partial charge in [0.05, 0.1) is 38.7 Å². The minimum absolute atomic E-state index is 0.0342. The number of hydrogen-bond acceptors (Lipinski definition) is 6. The molecule has 1 fully saturated rings. The van der Waals surface area contributed by atoms with Crippen LogP contribution in [-0.4, -0.2) is 59.7 Å². The fraction of sp³-hybridized carbons (Fsp3) is 0.350. The van der Waals surface area contributed by atoms with Gasteiger partial charge in [0.15, 0.2) is 11.5 Å². The van der Waals surface area contributed by atoms with Gasteiger partial charge in [0.2, 0.25) is 5.91 Å². The summed E-state index contributed by atoms with van der Waals surface area (Å²) in [6, 6.07) is 11.1. The first-order chi connectivity index (χ1) is 13.9. The van der Waals surface area contributed by atoms with Crippen molar-refractivity contribution in [2.75, 3.05) is 45.2 Å². The molecule has 2 aromatic rings.